The summed E-state index contributed by atoms with van der Waals surface area (Å²) in [7, 11) is 1.67. The van der Waals surface area contributed by atoms with Crippen LogP contribution in [0.3, 0.4) is 0 Å². The Kier molecular flexibility index (Phi) is 8.43. The van der Waals surface area contributed by atoms with Gasteiger partial charge in [0.25, 0.3) is 5.56 Å². The maximum Gasteiger partial charge on any atom is 0.282 e. The average molecular weight is 587 g/mol. The highest BCUT2D eigenvalue weighted by Gasteiger charge is 2.18. The van der Waals surface area contributed by atoms with E-state index in [4.69, 9.17) is 37.7 Å². The number of hydrogen-bond acceptors (Lipinski definition) is 5. The first-order chi connectivity index (χ1) is 19.7. The summed E-state index contributed by atoms with van der Waals surface area (Å²) in [6.45, 7) is 6.54. The Morgan fingerprint density at radius 2 is 1.73 bits per heavy atom. The van der Waals surface area contributed by atoms with Crippen molar-refractivity contribution in [3.05, 3.63) is 122 Å². The Labute approximate surface area is 248 Å². The second-order valence-electron chi connectivity index (χ2n) is 9.98. The molecule has 0 aliphatic rings. The highest BCUT2D eigenvalue weighted by molar-refractivity contribution is 6.42. The summed E-state index contributed by atoms with van der Waals surface area (Å²) in [6, 6.07) is 24.2. The number of hydrogen-bond donors (Lipinski definition) is 0. The third-order valence-corrected chi connectivity index (χ3v) is 7.52. The molecule has 5 rings (SSSR count). The number of benzene rings is 4. The fourth-order valence-corrected chi connectivity index (χ4v) is 4.86. The van der Waals surface area contributed by atoms with E-state index in [0.29, 0.717) is 39.1 Å². The predicted molar refractivity (Wildman–Crippen MR) is 167 cm³/mol. The third-order valence-electron chi connectivity index (χ3n) is 6.79. The van der Waals surface area contributed by atoms with Crippen LogP contribution in [0.4, 0.5) is 0 Å². The van der Waals surface area contributed by atoms with Crippen LogP contribution in [-0.4, -0.2) is 23.0 Å². The van der Waals surface area contributed by atoms with E-state index in [1.54, 1.807) is 31.5 Å². The molecule has 0 saturated heterocycles. The largest absolute Gasteiger partial charge is 0.496 e. The topological polar surface area (TPSA) is 65.7 Å². The van der Waals surface area contributed by atoms with Gasteiger partial charge in [-0.05, 0) is 95.8 Å². The Morgan fingerprint density at radius 1 is 0.976 bits per heavy atom. The molecule has 1 aromatic heterocycles. The van der Waals surface area contributed by atoms with Gasteiger partial charge in [0, 0.05) is 5.56 Å². The van der Waals surface area contributed by atoms with Crippen molar-refractivity contribution in [1.29, 1.82) is 0 Å². The standard InChI is InChI=1S/C33H29Cl2N3O3/c1-20(2)26-17-27(21(3)15-31(26)40-4)32-37-30-8-6-5-7-25(30)33(39)38(32)36-18-22-9-12-24(13-10-22)41-19-23-11-14-28(34)29(35)16-23/h5-18,20H,19H2,1-4H3. The van der Waals surface area contributed by atoms with E-state index in [1.165, 1.54) is 4.68 Å². The quantitative estimate of drug-likeness (QED) is 0.172. The number of methoxy groups -OCH3 is 1. The molecule has 0 N–H and O–H groups in total. The predicted octanol–water partition coefficient (Wildman–Crippen LogP) is 8.27. The first kappa shape index (κ1) is 28.4. The fraction of sp³-hybridized carbons (Fsp3) is 0.182. The van der Waals surface area contributed by atoms with Gasteiger partial charge >= 0.3 is 0 Å². The fourth-order valence-electron chi connectivity index (χ4n) is 4.54. The van der Waals surface area contributed by atoms with E-state index in [9.17, 15) is 4.79 Å². The van der Waals surface area contributed by atoms with Crippen molar-refractivity contribution < 1.29 is 9.47 Å². The van der Waals surface area contributed by atoms with E-state index < -0.39 is 0 Å². The zero-order chi connectivity index (χ0) is 29.1. The van der Waals surface area contributed by atoms with E-state index >= 15 is 0 Å². The monoisotopic (exact) mass is 585 g/mol. The second kappa shape index (κ2) is 12.2. The van der Waals surface area contributed by atoms with Crippen LogP contribution in [0.25, 0.3) is 22.3 Å². The molecule has 208 valence electrons. The van der Waals surface area contributed by atoms with Crippen LogP contribution in [0.2, 0.25) is 10.0 Å². The van der Waals surface area contributed by atoms with Crippen molar-refractivity contribution in [3.8, 4) is 22.9 Å². The van der Waals surface area contributed by atoms with Crippen LogP contribution < -0.4 is 15.0 Å². The van der Waals surface area contributed by atoms with Gasteiger partial charge in [-0.3, -0.25) is 4.79 Å². The Morgan fingerprint density at radius 3 is 2.44 bits per heavy atom. The molecule has 0 spiro atoms. The van der Waals surface area contributed by atoms with E-state index in [2.05, 4.69) is 18.9 Å². The molecule has 5 aromatic rings. The lowest BCUT2D eigenvalue weighted by molar-refractivity contribution is 0.306. The van der Waals surface area contributed by atoms with Crippen molar-refractivity contribution in [1.82, 2.24) is 9.66 Å². The number of ether oxygens (including phenoxy) is 2. The molecule has 0 saturated carbocycles. The van der Waals surface area contributed by atoms with Gasteiger partial charge in [0.2, 0.25) is 0 Å². The first-order valence-corrected chi connectivity index (χ1v) is 13.9. The Hall–Kier alpha value is -4.13. The summed E-state index contributed by atoms with van der Waals surface area (Å²) in [5.74, 6) is 2.17. The molecule has 1 heterocycles. The maximum atomic E-state index is 13.7. The molecule has 6 nitrogen and oxygen atoms in total. The highest BCUT2D eigenvalue weighted by atomic mass is 35.5. The molecule has 41 heavy (non-hydrogen) atoms. The van der Waals surface area contributed by atoms with Gasteiger partial charge in [0.15, 0.2) is 5.82 Å². The molecule has 0 radical (unpaired) electrons. The SMILES string of the molecule is COc1cc(C)c(-c2nc3ccccc3c(=O)n2N=Cc2ccc(OCc3ccc(Cl)c(Cl)c3)cc2)cc1C(C)C. The number of para-hydroxylation sites is 1. The van der Waals surface area contributed by atoms with Gasteiger partial charge in [0.05, 0.1) is 34.3 Å². The lowest BCUT2D eigenvalue weighted by Crippen LogP contribution is -2.20. The van der Waals surface area contributed by atoms with Crippen LogP contribution in [0, 0.1) is 6.92 Å². The van der Waals surface area contributed by atoms with Gasteiger partial charge in [-0.1, -0.05) is 55.2 Å². The van der Waals surface area contributed by atoms with Crippen molar-refractivity contribution in [3.63, 3.8) is 0 Å². The number of nitrogens with zero attached hydrogens (tertiary/aromatic N) is 3. The van der Waals surface area contributed by atoms with Crippen LogP contribution in [0.1, 0.15) is 42.0 Å². The minimum absolute atomic E-state index is 0.214. The van der Waals surface area contributed by atoms with Crippen molar-refractivity contribution in [2.24, 2.45) is 5.10 Å². The van der Waals surface area contributed by atoms with E-state index in [0.717, 1.165) is 33.6 Å². The Bertz CT molecular complexity index is 1810. The summed E-state index contributed by atoms with van der Waals surface area (Å²) in [6.07, 6.45) is 1.65. The zero-order valence-corrected chi connectivity index (χ0v) is 24.7. The van der Waals surface area contributed by atoms with Gasteiger partial charge in [-0.2, -0.15) is 9.78 Å². The minimum Gasteiger partial charge on any atom is -0.496 e. The lowest BCUT2D eigenvalue weighted by atomic mass is 9.96. The third kappa shape index (κ3) is 6.14. The van der Waals surface area contributed by atoms with Crippen molar-refractivity contribution in [2.75, 3.05) is 7.11 Å². The Balaban J connectivity index is 1.49. The maximum absolute atomic E-state index is 13.7. The van der Waals surface area contributed by atoms with Crippen molar-refractivity contribution in [2.45, 2.75) is 33.3 Å². The van der Waals surface area contributed by atoms with Crippen LogP contribution in [0.15, 0.2) is 88.8 Å². The highest BCUT2D eigenvalue weighted by Crippen LogP contribution is 2.34. The smallest absolute Gasteiger partial charge is 0.282 e. The molecule has 0 bridgehead atoms. The molecule has 0 fully saturated rings. The molecule has 8 heteroatoms. The molecule has 0 unspecified atom stereocenters. The van der Waals surface area contributed by atoms with E-state index in [-0.39, 0.29) is 11.5 Å². The van der Waals surface area contributed by atoms with Crippen molar-refractivity contribution >= 4 is 40.3 Å². The summed E-state index contributed by atoms with van der Waals surface area (Å²) < 4.78 is 12.9. The van der Waals surface area contributed by atoms with Gasteiger partial charge in [-0.25, -0.2) is 4.98 Å². The molecule has 0 atom stereocenters. The number of rotatable bonds is 8. The second-order valence-corrected chi connectivity index (χ2v) is 10.8. The van der Waals surface area contributed by atoms with Gasteiger partial charge in [-0.15, -0.1) is 0 Å². The van der Waals surface area contributed by atoms with Gasteiger partial charge < -0.3 is 9.47 Å². The molecular formula is C33H29Cl2N3O3. The minimum atomic E-state index is -0.246. The summed E-state index contributed by atoms with van der Waals surface area (Å²) >= 11 is 12.1. The zero-order valence-electron chi connectivity index (χ0n) is 23.2. The first-order valence-electron chi connectivity index (χ1n) is 13.2. The van der Waals surface area contributed by atoms with Crippen LogP contribution in [-0.2, 0) is 6.61 Å². The number of aromatic nitrogens is 2. The average Bonchev–Trinajstić information content (AvgIpc) is 2.97. The normalized spacial score (nSPS) is 11.5. The molecular weight excluding hydrogens is 557 g/mol. The molecule has 4 aromatic carbocycles. The number of halogens is 2. The summed E-state index contributed by atoms with van der Waals surface area (Å²) in [4.78, 5) is 18.5. The number of fused-ring (bicyclic) bond motifs is 1. The lowest BCUT2D eigenvalue weighted by Gasteiger charge is -2.17. The molecule has 0 amide bonds. The molecule has 0 aliphatic carbocycles. The van der Waals surface area contributed by atoms with Crippen LogP contribution in [0.5, 0.6) is 11.5 Å². The van der Waals surface area contributed by atoms with E-state index in [1.807, 2.05) is 67.6 Å². The number of aryl methyl sites for hydroxylation is 1. The van der Waals surface area contributed by atoms with Crippen LogP contribution >= 0.6 is 23.2 Å². The summed E-state index contributed by atoms with van der Waals surface area (Å²) in [5.41, 5.74) is 4.86. The molecule has 0 aliphatic heterocycles. The summed E-state index contributed by atoms with van der Waals surface area (Å²) in [5, 5.41) is 6.11. The van der Waals surface area contributed by atoms with Gasteiger partial charge in [0.1, 0.15) is 18.1 Å².